The summed E-state index contributed by atoms with van der Waals surface area (Å²) < 4.78 is 4.93. The van der Waals surface area contributed by atoms with Crippen molar-refractivity contribution in [3.8, 4) is 0 Å². The van der Waals surface area contributed by atoms with Crippen LogP contribution in [0.2, 0.25) is 0 Å². The number of amides is 1. The summed E-state index contributed by atoms with van der Waals surface area (Å²) in [5.41, 5.74) is 1.61. The Kier molecular flexibility index (Phi) is 4.70. The van der Waals surface area contributed by atoms with Crippen molar-refractivity contribution >= 4 is 11.6 Å². The number of hydrogen-bond acceptors (Lipinski definition) is 5. The summed E-state index contributed by atoms with van der Waals surface area (Å²) in [6, 6.07) is 7.35. The van der Waals surface area contributed by atoms with Gasteiger partial charge in [0.05, 0.1) is 6.54 Å². The zero-order valence-electron chi connectivity index (χ0n) is 11.6. The lowest BCUT2D eigenvalue weighted by molar-refractivity contribution is 0.0946. The first-order valence-electron chi connectivity index (χ1n) is 6.60. The van der Waals surface area contributed by atoms with Gasteiger partial charge in [-0.1, -0.05) is 12.1 Å². The Morgan fingerprint density at radius 1 is 1.30 bits per heavy atom. The monoisotopic (exact) mass is 274 g/mol. The highest BCUT2D eigenvalue weighted by Crippen LogP contribution is 2.09. The molecule has 0 aliphatic heterocycles. The SMILES string of the molecule is CCCNc1ccc(C(=O)NCc2nc(C)no2)cc1. The molecule has 0 saturated heterocycles. The van der Waals surface area contributed by atoms with Crippen molar-refractivity contribution in [2.45, 2.75) is 26.8 Å². The number of nitrogens with zero attached hydrogens (tertiary/aromatic N) is 2. The molecule has 106 valence electrons. The van der Waals surface area contributed by atoms with Crippen molar-refractivity contribution in [1.82, 2.24) is 15.5 Å². The van der Waals surface area contributed by atoms with Crippen molar-refractivity contribution in [1.29, 1.82) is 0 Å². The van der Waals surface area contributed by atoms with E-state index in [9.17, 15) is 4.79 Å². The van der Waals surface area contributed by atoms with E-state index in [4.69, 9.17) is 4.52 Å². The number of carbonyl (C=O) groups is 1. The molecular formula is C14H18N4O2. The molecule has 0 aliphatic rings. The molecule has 20 heavy (non-hydrogen) atoms. The Labute approximate surface area is 117 Å². The fraction of sp³-hybridized carbons (Fsp3) is 0.357. The van der Waals surface area contributed by atoms with Crippen LogP contribution in [-0.2, 0) is 6.54 Å². The van der Waals surface area contributed by atoms with Gasteiger partial charge in [-0.05, 0) is 37.6 Å². The molecule has 0 unspecified atom stereocenters. The van der Waals surface area contributed by atoms with Gasteiger partial charge in [-0.2, -0.15) is 4.98 Å². The number of carbonyl (C=O) groups excluding carboxylic acids is 1. The molecule has 2 rings (SSSR count). The summed E-state index contributed by atoms with van der Waals surface area (Å²) in [4.78, 5) is 16.0. The third kappa shape index (κ3) is 3.81. The first-order chi connectivity index (χ1) is 9.69. The second-order valence-electron chi connectivity index (χ2n) is 4.42. The van der Waals surface area contributed by atoms with Crippen molar-refractivity contribution in [2.75, 3.05) is 11.9 Å². The second-order valence-corrected chi connectivity index (χ2v) is 4.42. The Morgan fingerprint density at radius 3 is 2.65 bits per heavy atom. The normalized spacial score (nSPS) is 10.3. The first kappa shape index (κ1) is 14.0. The zero-order valence-corrected chi connectivity index (χ0v) is 11.6. The van der Waals surface area contributed by atoms with Gasteiger partial charge in [-0.15, -0.1) is 0 Å². The van der Waals surface area contributed by atoms with E-state index in [-0.39, 0.29) is 12.5 Å². The van der Waals surface area contributed by atoms with E-state index >= 15 is 0 Å². The predicted octanol–water partition coefficient (Wildman–Crippen LogP) is 2.13. The third-order valence-electron chi connectivity index (χ3n) is 2.70. The second kappa shape index (κ2) is 6.70. The largest absolute Gasteiger partial charge is 0.385 e. The van der Waals surface area contributed by atoms with Crippen LogP contribution in [0.3, 0.4) is 0 Å². The fourth-order valence-electron chi connectivity index (χ4n) is 1.68. The first-order valence-corrected chi connectivity index (χ1v) is 6.60. The van der Waals surface area contributed by atoms with Crippen molar-refractivity contribution in [3.05, 3.63) is 41.5 Å². The molecule has 0 radical (unpaired) electrons. The molecule has 2 aromatic rings. The molecule has 2 N–H and O–H groups in total. The van der Waals surface area contributed by atoms with E-state index in [0.29, 0.717) is 17.3 Å². The summed E-state index contributed by atoms with van der Waals surface area (Å²) in [5.74, 6) is 0.792. The van der Waals surface area contributed by atoms with Crippen LogP contribution in [0.15, 0.2) is 28.8 Å². The summed E-state index contributed by atoms with van der Waals surface area (Å²) in [5, 5.41) is 9.65. The van der Waals surface area contributed by atoms with Gasteiger partial charge in [-0.3, -0.25) is 4.79 Å². The van der Waals surface area contributed by atoms with Crippen LogP contribution >= 0.6 is 0 Å². The maximum absolute atomic E-state index is 11.9. The molecule has 1 aromatic heterocycles. The molecule has 6 nitrogen and oxygen atoms in total. The number of anilines is 1. The molecule has 1 amide bonds. The minimum atomic E-state index is -0.164. The summed E-state index contributed by atoms with van der Waals surface area (Å²) >= 11 is 0. The van der Waals surface area contributed by atoms with Crippen LogP contribution in [0.1, 0.15) is 35.4 Å². The van der Waals surface area contributed by atoms with Crippen LogP contribution in [-0.4, -0.2) is 22.6 Å². The van der Waals surface area contributed by atoms with Crippen LogP contribution in [0.25, 0.3) is 0 Å². The predicted molar refractivity (Wildman–Crippen MR) is 75.4 cm³/mol. The summed E-state index contributed by atoms with van der Waals surface area (Å²) in [6.45, 7) is 4.99. The van der Waals surface area contributed by atoms with Gasteiger partial charge in [0.15, 0.2) is 5.82 Å². The summed E-state index contributed by atoms with van der Waals surface area (Å²) in [6.07, 6.45) is 1.06. The fourth-order valence-corrected chi connectivity index (χ4v) is 1.68. The molecule has 0 fully saturated rings. The number of hydrogen-bond donors (Lipinski definition) is 2. The van der Waals surface area contributed by atoms with Crippen LogP contribution < -0.4 is 10.6 Å². The van der Waals surface area contributed by atoms with Gasteiger partial charge in [-0.25, -0.2) is 0 Å². The van der Waals surface area contributed by atoms with E-state index in [0.717, 1.165) is 18.7 Å². The number of aryl methyl sites for hydroxylation is 1. The Hall–Kier alpha value is -2.37. The quantitative estimate of drug-likeness (QED) is 0.843. The number of aromatic nitrogens is 2. The highest BCUT2D eigenvalue weighted by molar-refractivity contribution is 5.94. The maximum atomic E-state index is 11.9. The third-order valence-corrected chi connectivity index (χ3v) is 2.70. The van der Waals surface area contributed by atoms with E-state index in [1.54, 1.807) is 19.1 Å². The zero-order chi connectivity index (χ0) is 14.4. The van der Waals surface area contributed by atoms with Crippen LogP contribution in [0.5, 0.6) is 0 Å². The lowest BCUT2D eigenvalue weighted by Crippen LogP contribution is -2.22. The average molecular weight is 274 g/mol. The molecule has 0 saturated carbocycles. The highest BCUT2D eigenvalue weighted by Gasteiger charge is 2.08. The highest BCUT2D eigenvalue weighted by atomic mass is 16.5. The van der Waals surface area contributed by atoms with E-state index in [2.05, 4.69) is 27.7 Å². The minimum absolute atomic E-state index is 0.164. The van der Waals surface area contributed by atoms with Gasteiger partial charge in [0.25, 0.3) is 5.91 Å². The Balaban J connectivity index is 1.88. The van der Waals surface area contributed by atoms with Gasteiger partial charge in [0.1, 0.15) is 0 Å². The number of rotatable bonds is 6. The smallest absolute Gasteiger partial charge is 0.251 e. The minimum Gasteiger partial charge on any atom is -0.385 e. The summed E-state index contributed by atoms with van der Waals surface area (Å²) in [7, 11) is 0. The lowest BCUT2D eigenvalue weighted by atomic mass is 10.2. The lowest BCUT2D eigenvalue weighted by Gasteiger charge is -2.06. The van der Waals surface area contributed by atoms with Crippen molar-refractivity contribution in [3.63, 3.8) is 0 Å². The molecule has 1 aromatic carbocycles. The average Bonchev–Trinajstić information content (AvgIpc) is 2.89. The van der Waals surface area contributed by atoms with Crippen molar-refractivity contribution in [2.24, 2.45) is 0 Å². The Morgan fingerprint density at radius 2 is 2.05 bits per heavy atom. The molecule has 0 bridgehead atoms. The number of benzene rings is 1. The standard InChI is InChI=1S/C14H18N4O2/c1-3-8-15-12-6-4-11(5-7-12)14(19)16-9-13-17-10(2)18-20-13/h4-7,15H,3,8-9H2,1-2H3,(H,16,19). The maximum Gasteiger partial charge on any atom is 0.251 e. The molecular weight excluding hydrogens is 256 g/mol. The van der Waals surface area contributed by atoms with Crippen LogP contribution in [0, 0.1) is 6.92 Å². The molecule has 0 atom stereocenters. The molecule has 6 heteroatoms. The molecule has 0 aliphatic carbocycles. The van der Waals surface area contributed by atoms with Gasteiger partial charge in [0.2, 0.25) is 5.89 Å². The topological polar surface area (TPSA) is 80.0 Å². The van der Waals surface area contributed by atoms with Gasteiger partial charge >= 0.3 is 0 Å². The number of nitrogens with one attached hydrogen (secondary N) is 2. The van der Waals surface area contributed by atoms with Crippen molar-refractivity contribution < 1.29 is 9.32 Å². The van der Waals surface area contributed by atoms with Gasteiger partial charge in [0, 0.05) is 17.8 Å². The molecule has 0 spiro atoms. The van der Waals surface area contributed by atoms with Crippen LogP contribution in [0.4, 0.5) is 5.69 Å². The van der Waals surface area contributed by atoms with E-state index < -0.39 is 0 Å². The van der Waals surface area contributed by atoms with E-state index in [1.165, 1.54) is 0 Å². The Bertz CT molecular complexity index is 563. The van der Waals surface area contributed by atoms with Gasteiger partial charge < -0.3 is 15.2 Å². The van der Waals surface area contributed by atoms with E-state index in [1.807, 2.05) is 12.1 Å². The molecule has 1 heterocycles.